The highest BCUT2D eigenvalue weighted by Crippen LogP contribution is 2.32. The molecule has 0 fully saturated rings. The number of nitro groups is 1. The Hall–Kier alpha value is -2.98. The van der Waals surface area contributed by atoms with Crippen LogP contribution in [-0.4, -0.2) is 63.3 Å². The smallest absolute Gasteiger partial charge is 0.291 e. The van der Waals surface area contributed by atoms with E-state index < -0.39 is 22.4 Å². The van der Waals surface area contributed by atoms with Gasteiger partial charge >= 0.3 is 0 Å². The van der Waals surface area contributed by atoms with Crippen molar-refractivity contribution in [1.29, 1.82) is 0 Å². The van der Waals surface area contributed by atoms with E-state index in [9.17, 15) is 19.7 Å². The summed E-state index contributed by atoms with van der Waals surface area (Å²) in [6, 6.07) is 1.46. The molecule has 2 rings (SSSR count). The Bertz CT molecular complexity index is 909. The monoisotopic (exact) mass is 402 g/mol. The molecule has 0 amide bonds. The van der Waals surface area contributed by atoms with Gasteiger partial charge < -0.3 is 5.32 Å². The van der Waals surface area contributed by atoms with Gasteiger partial charge in [0.05, 0.1) is 28.1 Å². The third-order valence-corrected chi connectivity index (χ3v) is 4.74. The Morgan fingerprint density at radius 1 is 1.31 bits per heavy atom. The number of carbonyl (C=O) groups excluding carboxylic acids is 2. The van der Waals surface area contributed by atoms with Gasteiger partial charge in [-0.05, 0) is 34.0 Å². The van der Waals surface area contributed by atoms with Crippen LogP contribution in [0.4, 0.5) is 5.69 Å². The molecule has 29 heavy (non-hydrogen) atoms. The summed E-state index contributed by atoms with van der Waals surface area (Å²) in [4.78, 5) is 41.2. The van der Waals surface area contributed by atoms with Crippen LogP contribution in [0.25, 0.3) is 11.3 Å². The molecule has 156 valence electrons. The molecule has 1 N–H and O–H groups in total. The van der Waals surface area contributed by atoms with Crippen molar-refractivity contribution in [2.24, 2.45) is 7.05 Å². The van der Waals surface area contributed by atoms with Crippen LogP contribution in [0.1, 0.15) is 31.0 Å². The van der Waals surface area contributed by atoms with Crippen molar-refractivity contribution in [3.8, 4) is 11.3 Å². The highest BCUT2D eigenvalue weighted by molar-refractivity contribution is 6.06. The van der Waals surface area contributed by atoms with E-state index in [-0.39, 0.29) is 11.3 Å². The largest absolute Gasteiger partial charge is 0.318 e. The molecule has 0 bridgehead atoms. The zero-order valence-corrected chi connectivity index (χ0v) is 17.3. The molecule has 10 nitrogen and oxygen atoms in total. The van der Waals surface area contributed by atoms with Crippen molar-refractivity contribution < 1.29 is 14.5 Å². The molecule has 0 radical (unpaired) electrons. The first-order valence-corrected chi connectivity index (χ1v) is 9.17. The minimum absolute atomic E-state index is 0.0540. The van der Waals surface area contributed by atoms with Crippen LogP contribution in [0.3, 0.4) is 0 Å². The van der Waals surface area contributed by atoms with Gasteiger partial charge in [0, 0.05) is 32.2 Å². The number of pyridine rings is 1. The SMILES string of the molecule is CNCCN(C)Cc1c(-c2cc(C(C(C)=O)C(C)=O)c([N+](=O)[O-])cn2)cnn1C. The molecule has 2 aromatic rings. The fourth-order valence-electron chi connectivity index (χ4n) is 3.22. The van der Waals surface area contributed by atoms with Crippen molar-refractivity contribution in [3.63, 3.8) is 0 Å². The van der Waals surface area contributed by atoms with Crippen molar-refractivity contribution in [2.75, 3.05) is 27.2 Å². The van der Waals surface area contributed by atoms with Crippen LogP contribution in [0.15, 0.2) is 18.5 Å². The lowest BCUT2D eigenvalue weighted by Gasteiger charge is -2.18. The zero-order chi connectivity index (χ0) is 21.7. The lowest BCUT2D eigenvalue weighted by Crippen LogP contribution is -2.28. The lowest BCUT2D eigenvalue weighted by molar-refractivity contribution is -0.385. The number of nitrogens with one attached hydrogen (secondary N) is 1. The number of hydrogen-bond donors (Lipinski definition) is 1. The molecule has 0 aliphatic heterocycles. The molecule has 0 spiro atoms. The molecule has 2 aromatic heterocycles. The van der Waals surface area contributed by atoms with Gasteiger partial charge in [0.1, 0.15) is 23.7 Å². The van der Waals surface area contributed by atoms with Gasteiger partial charge in [-0.1, -0.05) is 0 Å². The van der Waals surface area contributed by atoms with Crippen LogP contribution in [0.5, 0.6) is 0 Å². The number of rotatable bonds is 10. The van der Waals surface area contributed by atoms with E-state index in [1.807, 2.05) is 21.1 Å². The van der Waals surface area contributed by atoms with E-state index in [2.05, 4.69) is 20.3 Å². The summed E-state index contributed by atoms with van der Waals surface area (Å²) in [5.41, 5.74) is 1.71. The number of ketones is 2. The number of carbonyl (C=O) groups is 2. The second-order valence-corrected chi connectivity index (χ2v) is 7.01. The number of nitrogens with zero attached hydrogens (tertiary/aromatic N) is 5. The van der Waals surface area contributed by atoms with Crippen molar-refractivity contribution >= 4 is 17.3 Å². The lowest BCUT2D eigenvalue weighted by atomic mass is 9.90. The Kier molecular flexibility index (Phi) is 7.29. The molecular weight excluding hydrogens is 376 g/mol. The minimum atomic E-state index is -1.20. The van der Waals surface area contributed by atoms with E-state index in [0.717, 1.165) is 25.0 Å². The van der Waals surface area contributed by atoms with Gasteiger partial charge in [-0.15, -0.1) is 0 Å². The van der Waals surface area contributed by atoms with Crippen LogP contribution in [0.2, 0.25) is 0 Å². The molecule has 0 aliphatic carbocycles. The topological polar surface area (TPSA) is 123 Å². The molecule has 0 atom stereocenters. The molecule has 0 unspecified atom stereocenters. The fourth-order valence-corrected chi connectivity index (χ4v) is 3.22. The summed E-state index contributed by atoms with van der Waals surface area (Å²) < 4.78 is 1.72. The summed E-state index contributed by atoms with van der Waals surface area (Å²) in [5, 5.41) is 18.8. The van der Waals surface area contributed by atoms with Crippen molar-refractivity contribution in [3.05, 3.63) is 39.8 Å². The van der Waals surface area contributed by atoms with Gasteiger partial charge in [-0.2, -0.15) is 5.10 Å². The summed E-state index contributed by atoms with van der Waals surface area (Å²) in [6.45, 7) is 4.73. The van der Waals surface area contributed by atoms with Gasteiger partial charge in [-0.25, -0.2) is 4.98 Å². The van der Waals surface area contributed by atoms with Gasteiger partial charge in [0.15, 0.2) is 0 Å². The van der Waals surface area contributed by atoms with Crippen molar-refractivity contribution in [1.82, 2.24) is 25.0 Å². The average Bonchev–Trinajstić information content (AvgIpc) is 2.99. The first-order chi connectivity index (χ1) is 13.7. The molecular formula is C19H26N6O4. The van der Waals surface area contributed by atoms with Crippen LogP contribution in [-0.2, 0) is 23.2 Å². The number of aromatic nitrogens is 3. The molecule has 0 saturated heterocycles. The third kappa shape index (κ3) is 5.09. The third-order valence-electron chi connectivity index (χ3n) is 4.74. The molecule has 0 saturated carbocycles. The maximum Gasteiger partial charge on any atom is 0.291 e. The Labute approximate surface area is 169 Å². The van der Waals surface area contributed by atoms with E-state index in [1.165, 1.54) is 19.9 Å². The highest BCUT2D eigenvalue weighted by Gasteiger charge is 2.31. The number of aryl methyl sites for hydroxylation is 1. The fraction of sp³-hybridized carbons (Fsp3) is 0.474. The van der Waals surface area contributed by atoms with Gasteiger partial charge in [-0.3, -0.25) is 29.3 Å². The Morgan fingerprint density at radius 3 is 2.52 bits per heavy atom. The van der Waals surface area contributed by atoms with E-state index in [0.29, 0.717) is 17.8 Å². The minimum Gasteiger partial charge on any atom is -0.318 e. The first-order valence-electron chi connectivity index (χ1n) is 9.17. The summed E-state index contributed by atoms with van der Waals surface area (Å²) in [6.07, 6.45) is 2.74. The molecule has 0 aromatic carbocycles. The number of hydrogen-bond acceptors (Lipinski definition) is 8. The zero-order valence-electron chi connectivity index (χ0n) is 17.3. The normalized spacial score (nSPS) is 11.3. The van der Waals surface area contributed by atoms with E-state index >= 15 is 0 Å². The van der Waals surface area contributed by atoms with Crippen LogP contribution < -0.4 is 5.32 Å². The maximum atomic E-state index is 12.0. The predicted octanol–water partition coefficient (Wildman–Crippen LogP) is 1.30. The average molecular weight is 402 g/mol. The van der Waals surface area contributed by atoms with Crippen LogP contribution in [0, 0.1) is 10.1 Å². The Morgan fingerprint density at radius 2 is 1.97 bits per heavy atom. The number of Topliss-reactive ketones (excluding diaryl/α,β-unsaturated/α-hetero) is 2. The van der Waals surface area contributed by atoms with E-state index in [4.69, 9.17) is 0 Å². The van der Waals surface area contributed by atoms with Gasteiger partial charge in [0.2, 0.25) is 0 Å². The highest BCUT2D eigenvalue weighted by atomic mass is 16.6. The maximum absolute atomic E-state index is 12.0. The second-order valence-electron chi connectivity index (χ2n) is 7.01. The summed E-state index contributed by atoms with van der Waals surface area (Å²) in [7, 11) is 5.67. The molecule has 10 heteroatoms. The summed E-state index contributed by atoms with van der Waals surface area (Å²) >= 11 is 0. The van der Waals surface area contributed by atoms with Gasteiger partial charge in [0.25, 0.3) is 5.69 Å². The van der Waals surface area contributed by atoms with Crippen molar-refractivity contribution in [2.45, 2.75) is 26.3 Å². The quantitative estimate of drug-likeness (QED) is 0.358. The molecule has 2 heterocycles. The molecule has 0 aliphatic rings. The number of likely N-dealkylation sites (N-methyl/N-ethyl adjacent to an activating group) is 2. The first kappa shape index (κ1) is 22.3. The standard InChI is InChI=1S/C19H26N6O4/c1-12(26)19(13(2)27)14-8-16(21-10-17(14)25(28)29)15-9-22-24(5)18(15)11-23(4)7-6-20-3/h8-10,19-20H,6-7,11H2,1-5H3. The second kappa shape index (κ2) is 9.48. The summed E-state index contributed by atoms with van der Waals surface area (Å²) in [5.74, 6) is -2.09. The predicted molar refractivity (Wildman–Crippen MR) is 107 cm³/mol. The Balaban J connectivity index is 2.54. The van der Waals surface area contributed by atoms with E-state index in [1.54, 1.807) is 10.9 Å². The van der Waals surface area contributed by atoms with Crippen LogP contribution >= 0.6 is 0 Å².